The van der Waals surface area contributed by atoms with Gasteiger partial charge in [-0.25, -0.2) is 0 Å². The molecule has 0 aliphatic heterocycles. The molecule has 0 fully saturated rings. The van der Waals surface area contributed by atoms with Crippen LogP contribution in [0, 0.1) is 5.92 Å². The fourth-order valence-electron chi connectivity index (χ4n) is 2.58. The van der Waals surface area contributed by atoms with Crippen LogP contribution in [0.25, 0.3) is 0 Å². The van der Waals surface area contributed by atoms with Crippen molar-refractivity contribution in [3.05, 3.63) is 75.7 Å². The van der Waals surface area contributed by atoms with E-state index in [9.17, 15) is 9.59 Å². The molecule has 0 radical (unpaired) electrons. The zero-order valence-electron chi connectivity index (χ0n) is 15.8. The lowest BCUT2D eigenvalue weighted by molar-refractivity contribution is 0.0949. The summed E-state index contributed by atoms with van der Waals surface area (Å²) in [6, 6.07) is 16.5. The fourth-order valence-corrected chi connectivity index (χ4v) is 3.53. The van der Waals surface area contributed by atoms with Gasteiger partial charge in [-0.1, -0.05) is 61.6 Å². The summed E-state index contributed by atoms with van der Waals surface area (Å²) in [5, 5.41) is 14.8. The van der Waals surface area contributed by atoms with Crippen LogP contribution in [-0.2, 0) is 13.0 Å². The van der Waals surface area contributed by atoms with E-state index in [4.69, 9.17) is 0 Å². The van der Waals surface area contributed by atoms with Gasteiger partial charge < -0.3 is 10.6 Å². The smallest absolute Gasteiger partial charge is 0.286 e. The molecule has 0 bridgehead atoms. The summed E-state index contributed by atoms with van der Waals surface area (Å²) in [6.07, 6.45) is 0.794. The van der Waals surface area contributed by atoms with Crippen molar-refractivity contribution in [2.24, 2.45) is 5.92 Å². The van der Waals surface area contributed by atoms with Gasteiger partial charge in [0.1, 0.15) is 5.01 Å². The third-order valence-corrected chi connectivity index (χ3v) is 4.87. The number of nitrogens with one attached hydrogen (secondary N) is 2. The highest BCUT2D eigenvalue weighted by molar-refractivity contribution is 7.13. The van der Waals surface area contributed by atoms with Crippen LogP contribution in [0.2, 0.25) is 0 Å². The first-order valence-electron chi connectivity index (χ1n) is 9.07. The minimum atomic E-state index is -0.325. The maximum absolute atomic E-state index is 12.4. The number of carbonyl (C=O) groups excluding carboxylic acids is 2. The van der Waals surface area contributed by atoms with Crippen molar-refractivity contribution in [2.75, 3.05) is 5.32 Å². The quantitative estimate of drug-likeness (QED) is 0.636. The zero-order chi connectivity index (χ0) is 19.9. The number of hydrogen-bond donors (Lipinski definition) is 2. The molecule has 1 aromatic heterocycles. The highest BCUT2D eigenvalue weighted by Gasteiger charge is 2.14. The minimum Gasteiger partial charge on any atom is -0.348 e. The molecule has 2 N–H and O–H groups in total. The number of carbonyl (C=O) groups is 2. The normalized spacial score (nSPS) is 10.7. The van der Waals surface area contributed by atoms with Crippen molar-refractivity contribution in [3.8, 4) is 0 Å². The van der Waals surface area contributed by atoms with Crippen LogP contribution in [-0.4, -0.2) is 22.0 Å². The molecule has 0 aliphatic rings. The van der Waals surface area contributed by atoms with E-state index >= 15 is 0 Å². The third-order valence-electron chi connectivity index (χ3n) is 3.92. The molecule has 0 unspecified atom stereocenters. The van der Waals surface area contributed by atoms with Crippen molar-refractivity contribution < 1.29 is 9.59 Å². The first kappa shape index (κ1) is 19.7. The molecule has 2 amide bonds. The summed E-state index contributed by atoms with van der Waals surface area (Å²) in [4.78, 5) is 24.8. The molecule has 0 spiro atoms. The number of nitrogens with zero attached hydrogens (tertiary/aromatic N) is 2. The lowest BCUT2D eigenvalue weighted by Crippen LogP contribution is -2.23. The standard InChI is InChI=1S/C21H22N4O2S/c1-14(2)11-18-24-25-21(28-18)20(27)23-17-10-6-9-16(12-17)19(26)22-13-15-7-4-3-5-8-15/h3-10,12,14H,11,13H2,1-2H3,(H,22,26)(H,23,27). The van der Waals surface area contributed by atoms with Crippen LogP contribution in [0.4, 0.5) is 5.69 Å². The van der Waals surface area contributed by atoms with E-state index in [1.807, 2.05) is 30.3 Å². The molecular formula is C21H22N4O2S. The number of benzene rings is 2. The van der Waals surface area contributed by atoms with Gasteiger partial charge in [-0.3, -0.25) is 9.59 Å². The van der Waals surface area contributed by atoms with Crippen molar-refractivity contribution >= 4 is 28.8 Å². The van der Waals surface area contributed by atoms with Crippen LogP contribution in [0.15, 0.2) is 54.6 Å². The Balaban J connectivity index is 1.61. The average molecular weight is 395 g/mol. The van der Waals surface area contributed by atoms with Crippen LogP contribution in [0.5, 0.6) is 0 Å². The Kier molecular flexibility index (Phi) is 6.49. The van der Waals surface area contributed by atoms with Crippen molar-refractivity contribution in [1.29, 1.82) is 0 Å². The molecule has 144 valence electrons. The molecule has 0 saturated heterocycles. The van der Waals surface area contributed by atoms with E-state index in [0.717, 1.165) is 17.0 Å². The maximum Gasteiger partial charge on any atom is 0.286 e. The maximum atomic E-state index is 12.4. The van der Waals surface area contributed by atoms with Gasteiger partial charge in [-0.15, -0.1) is 10.2 Å². The molecule has 28 heavy (non-hydrogen) atoms. The van der Waals surface area contributed by atoms with E-state index in [1.165, 1.54) is 11.3 Å². The SMILES string of the molecule is CC(C)Cc1nnc(C(=O)Nc2cccc(C(=O)NCc3ccccc3)c2)s1. The first-order valence-corrected chi connectivity index (χ1v) is 9.89. The van der Waals surface area contributed by atoms with E-state index in [0.29, 0.717) is 28.7 Å². The van der Waals surface area contributed by atoms with Crippen LogP contribution in [0.3, 0.4) is 0 Å². The molecule has 6 nitrogen and oxygen atoms in total. The molecule has 1 heterocycles. The van der Waals surface area contributed by atoms with Crippen LogP contribution >= 0.6 is 11.3 Å². The van der Waals surface area contributed by atoms with Gasteiger partial charge in [-0.2, -0.15) is 0 Å². The Bertz CT molecular complexity index is 954. The van der Waals surface area contributed by atoms with Crippen molar-refractivity contribution in [2.45, 2.75) is 26.8 Å². The Labute approximate surface area is 168 Å². The number of aromatic nitrogens is 2. The van der Waals surface area contributed by atoms with Crippen LogP contribution < -0.4 is 10.6 Å². The summed E-state index contributed by atoms with van der Waals surface area (Å²) in [7, 11) is 0. The third kappa shape index (κ3) is 5.47. The molecule has 0 aliphatic carbocycles. The van der Waals surface area contributed by atoms with Gasteiger partial charge in [0.15, 0.2) is 0 Å². The lowest BCUT2D eigenvalue weighted by atomic mass is 10.1. The Morgan fingerprint density at radius 3 is 2.54 bits per heavy atom. The highest BCUT2D eigenvalue weighted by atomic mass is 32.1. The van der Waals surface area contributed by atoms with E-state index in [2.05, 4.69) is 34.7 Å². The van der Waals surface area contributed by atoms with Gasteiger partial charge >= 0.3 is 0 Å². The van der Waals surface area contributed by atoms with Crippen LogP contribution in [0.1, 0.15) is 44.6 Å². The Morgan fingerprint density at radius 1 is 1.00 bits per heavy atom. The molecular weight excluding hydrogens is 372 g/mol. The number of amides is 2. The Hall–Kier alpha value is -3.06. The molecule has 3 rings (SSSR count). The topological polar surface area (TPSA) is 84.0 Å². The molecule has 0 saturated carbocycles. The minimum absolute atomic E-state index is 0.199. The predicted molar refractivity (Wildman–Crippen MR) is 110 cm³/mol. The first-order chi connectivity index (χ1) is 13.5. The van der Waals surface area contributed by atoms with E-state index in [-0.39, 0.29) is 11.8 Å². The van der Waals surface area contributed by atoms with E-state index in [1.54, 1.807) is 24.3 Å². The summed E-state index contributed by atoms with van der Waals surface area (Å²) < 4.78 is 0. The van der Waals surface area contributed by atoms with Crippen molar-refractivity contribution in [3.63, 3.8) is 0 Å². The summed E-state index contributed by atoms with van der Waals surface area (Å²) in [5.41, 5.74) is 2.04. The molecule has 3 aromatic rings. The fraction of sp³-hybridized carbons (Fsp3) is 0.238. The number of rotatable bonds is 7. The summed E-state index contributed by atoms with van der Waals surface area (Å²) in [6.45, 7) is 4.63. The largest absolute Gasteiger partial charge is 0.348 e. The summed E-state index contributed by atoms with van der Waals surface area (Å²) in [5.74, 6) is -0.0700. The Morgan fingerprint density at radius 2 is 1.79 bits per heavy atom. The second kappa shape index (κ2) is 9.23. The number of hydrogen-bond acceptors (Lipinski definition) is 5. The van der Waals surface area contributed by atoms with Gasteiger partial charge in [0, 0.05) is 24.2 Å². The van der Waals surface area contributed by atoms with Gasteiger partial charge in [0.25, 0.3) is 11.8 Å². The average Bonchev–Trinajstić information content (AvgIpc) is 3.15. The molecule has 2 aromatic carbocycles. The lowest BCUT2D eigenvalue weighted by Gasteiger charge is -2.08. The van der Waals surface area contributed by atoms with Gasteiger partial charge in [0.2, 0.25) is 5.01 Å². The molecule has 0 atom stereocenters. The van der Waals surface area contributed by atoms with E-state index < -0.39 is 0 Å². The second-order valence-corrected chi connectivity index (χ2v) is 7.86. The zero-order valence-corrected chi connectivity index (χ0v) is 16.6. The van der Waals surface area contributed by atoms with Gasteiger partial charge in [-0.05, 0) is 29.7 Å². The second-order valence-electron chi connectivity index (χ2n) is 6.80. The van der Waals surface area contributed by atoms with Crippen molar-refractivity contribution in [1.82, 2.24) is 15.5 Å². The highest BCUT2D eigenvalue weighted by Crippen LogP contribution is 2.17. The van der Waals surface area contributed by atoms with Gasteiger partial charge in [0.05, 0.1) is 0 Å². The predicted octanol–water partition coefficient (Wildman–Crippen LogP) is 3.92. The molecule has 7 heteroatoms. The number of anilines is 1. The summed E-state index contributed by atoms with van der Waals surface area (Å²) >= 11 is 1.29. The monoisotopic (exact) mass is 394 g/mol.